The van der Waals surface area contributed by atoms with Crippen LogP contribution >= 0.6 is 12.4 Å². The van der Waals surface area contributed by atoms with Gasteiger partial charge in [0, 0.05) is 45.5 Å². The summed E-state index contributed by atoms with van der Waals surface area (Å²) in [7, 11) is -0.709. The van der Waals surface area contributed by atoms with Gasteiger partial charge in [0.2, 0.25) is 10.0 Å². The van der Waals surface area contributed by atoms with Gasteiger partial charge in [-0.25, -0.2) is 12.7 Å². The highest BCUT2D eigenvalue weighted by molar-refractivity contribution is 7.89. The normalized spacial score (nSPS) is 16.1. The highest BCUT2D eigenvalue weighted by atomic mass is 35.5. The molecule has 1 aromatic carbocycles. The fourth-order valence-corrected chi connectivity index (χ4v) is 3.44. The van der Waals surface area contributed by atoms with Crippen molar-refractivity contribution in [3.63, 3.8) is 0 Å². The number of sulfonamides is 1. The van der Waals surface area contributed by atoms with E-state index in [0.717, 1.165) is 4.31 Å². The van der Waals surface area contributed by atoms with Gasteiger partial charge in [-0.2, -0.15) is 0 Å². The van der Waals surface area contributed by atoms with Crippen LogP contribution in [0.2, 0.25) is 0 Å². The van der Waals surface area contributed by atoms with E-state index >= 15 is 0 Å². The number of amides is 1. The summed E-state index contributed by atoms with van der Waals surface area (Å²) in [5.74, 6) is -0.338. The molecule has 1 aliphatic rings. The van der Waals surface area contributed by atoms with Crippen molar-refractivity contribution in [2.24, 2.45) is 5.73 Å². The van der Waals surface area contributed by atoms with E-state index in [1.807, 2.05) is 4.90 Å². The molecule has 0 aromatic heterocycles. The molecule has 0 bridgehead atoms. The number of hydrogen-bond acceptors (Lipinski definition) is 6. The number of benzene rings is 1. The van der Waals surface area contributed by atoms with Gasteiger partial charge in [-0.15, -0.1) is 12.4 Å². The predicted molar refractivity (Wildman–Crippen MR) is 104 cm³/mol. The number of anilines is 1. The van der Waals surface area contributed by atoms with Crippen LogP contribution in [0.1, 0.15) is 17.3 Å². The molecule has 0 saturated carbocycles. The summed E-state index contributed by atoms with van der Waals surface area (Å²) in [6.45, 7) is 4.52. The minimum atomic E-state index is -3.63. The van der Waals surface area contributed by atoms with Gasteiger partial charge >= 0.3 is 0 Å². The Labute approximate surface area is 161 Å². The van der Waals surface area contributed by atoms with Crippen LogP contribution in [-0.2, 0) is 14.8 Å². The molecular weight excluding hydrogens is 380 g/mol. The lowest BCUT2D eigenvalue weighted by molar-refractivity contribution is 0.0939. The number of carbonyl (C=O) groups excluding carboxylic acids is 1. The number of nitrogens with one attached hydrogen (secondary N) is 1. The van der Waals surface area contributed by atoms with Crippen LogP contribution in [0, 0.1) is 0 Å². The van der Waals surface area contributed by atoms with E-state index in [2.05, 4.69) is 5.32 Å². The molecule has 1 amide bonds. The van der Waals surface area contributed by atoms with E-state index in [-0.39, 0.29) is 29.3 Å². The van der Waals surface area contributed by atoms with Gasteiger partial charge in [0.15, 0.2) is 0 Å². The third-order valence-corrected chi connectivity index (χ3v) is 5.89. The zero-order valence-electron chi connectivity index (χ0n) is 15.3. The van der Waals surface area contributed by atoms with Crippen LogP contribution in [0.25, 0.3) is 0 Å². The Kier molecular flexibility index (Phi) is 8.29. The topological polar surface area (TPSA) is 105 Å². The van der Waals surface area contributed by atoms with E-state index in [1.165, 1.54) is 26.2 Å². The Morgan fingerprint density at radius 1 is 1.35 bits per heavy atom. The first-order chi connectivity index (χ1) is 11.8. The van der Waals surface area contributed by atoms with Crippen molar-refractivity contribution >= 4 is 34.0 Å². The van der Waals surface area contributed by atoms with Gasteiger partial charge in [0.05, 0.1) is 23.7 Å². The Balaban J connectivity index is 0.00000338. The van der Waals surface area contributed by atoms with Crippen molar-refractivity contribution in [3.05, 3.63) is 23.8 Å². The molecule has 1 aliphatic heterocycles. The van der Waals surface area contributed by atoms with Crippen molar-refractivity contribution in [3.8, 4) is 0 Å². The Morgan fingerprint density at radius 2 is 1.96 bits per heavy atom. The monoisotopic (exact) mass is 406 g/mol. The number of ether oxygens (including phenoxy) is 1. The van der Waals surface area contributed by atoms with Crippen molar-refractivity contribution in [2.75, 3.05) is 51.8 Å². The molecule has 3 N–H and O–H groups in total. The predicted octanol–water partition coefficient (Wildman–Crippen LogP) is 0.272. The van der Waals surface area contributed by atoms with Crippen molar-refractivity contribution in [1.29, 1.82) is 0 Å². The minimum absolute atomic E-state index is 0. The molecule has 1 atom stereocenters. The molecule has 10 heteroatoms. The summed E-state index contributed by atoms with van der Waals surface area (Å²) >= 11 is 0. The molecule has 0 unspecified atom stereocenters. The maximum absolute atomic E-state index is 12.7. The minimum Gasteiger partial charge on any atom is -0.378 e. The van der Waals surface area contributed by atoms with E-state index in [1.54, 1.807) is 13.0 Å². The summed E-state index contributed by atoms with van der Waals surface area (Å²) in [6.07, 6.45) is 0. The number of hydrogen-bond donors (Lipinski definition) is 2. The SMILES string of the molecule is C[C@@H](CN)NC(=O)c1cc(S(=O)(=O)N(C)C)ccc1N1CCOCC1.Cl. The van der Waals surface area contributed by atoms with Crippen LogP contribution < -0.4 is 16.0 Å². The van der Waals surface area contributed by atoms with Gasteiger partial charge < -0.3 is 20.7 Å². The molecule has 0 radical (unpaired) electrons. The van der Waals surface area contributed by atoms with Crippen molar-refractivity contribution < 1.29 is 17.9 Å². The lowest BCUT2D eigenvalue weighted by Gasteiger charge is -2.31. The van der Waals surface area contributed by atoms with Crippen molar-refractivity contribution in [1.82, 2.24) is 9.62 Å². The Bertz CT molecular complexity index is 721. The number of rotatable bonds is 6. The summed E-state index contributed by atoms with van der Waals surface area (Å²) in [5.41, 5.74) is 6.60. The van der Waals surface area contributed by atoms with Gasteiger partial charge in [-0.3, -0.25) is 4.79 Å². The second-order valence-corrected chi connectivity index (χ2v) is 8.33. The molecule has 2 rings (SSSR count). The molecule has 1 heterocycles. The third kappa shape index (κ3) is 5.08. The van der Waals surface area contributed by atoms with Crippen LogP contribution in [-0.4, -0.2) is 71.6 Å². The summed E-state index contributed by atoms with van der Waals surface area (Å²) in [6, 6.07) is 4.44. The fourth-order valence-electron chi connectivity index (χ4n) is 2.51. The summed E-state index contributed by atoms with van der Waals surface area (Å²) in [5, 5.41) is 2.80. The molecule has 148 valence electrons. The first kappa shape index (κ1) is 22.7. The molecule has 26 heavy (non-hydrogen) atoms. The maximum Gasteiger partial charge on any atom is 0.253 e. The standard InChI is InChI=1S/C16H26N4O4S.ClH/c1-12(11-17)18-16(21)14-10-13(25(22,23)19(2)3)4-5-15(14)20-6-8-24-9-7-20;/h4-5,10,12H,6-9,11,17H2,1-3H3,(H,18,21);1H/t12-;/m0./s1. The average Bonchev–Trinajstić information content (AvgIpc) is 2.61. The van der Waals surface area contributed by atoms with Gasteiger partial charge in [-0.05, 0) is 25.1 Å². The second-order valence-electron chi connectivity index (χ2n) is 6.18. The molecule has 1 aromatic rings. The number of carbonyl (C=O) groups is 1. The highest BCUT2D eigenvalue weighted by Gasteiger charge is 2.24. The number of morpholine rings is 1. The van der Waals surface area contributed by atoms with Crippen LogP contribution in [0.4, 0.5) is 5.69 Å². The quantitative estimate of drug-likeness (QED) is 0.702. The Morgan fingerprint density at radius 3 is 2.50 bits per heavy atom. The van der Waals surface area contributed by atoms with E-state index in [4.69, 9.17) is 10.5 Å². The van der Waals surface area contributed by atoms with E-state index < -0.39 is 10.0 Å². The number of halogens is 1. The summed E-state index contributed by atoms with van der Waals surface area (Å²) in [4.78, 5) is 14.8. The number of nitrogens with two attached hydrogens (primary N) is 1. The molecule has 1 saturated heterocycles. The summed E-state index contributed by atoms with van der Waals surface area (Å²) < 4.78 is 31.3. The first-order valence-electron chi connectivity index (χ1n) is 8.17. The molecule has 8 nitrogen and oxygen atoms in total. The van der Waals surface area contributed by atoms with Gasteiger partial charge in [0.1, 0.15) is 0 Å². The third-order valence-electron chi connectivity index (χ3n) is 4.07. The number of nitrogens with zero attached hydrogens (tertiary/aromatic N) is 2. The average molecular weight is 407 g/mol. The van der Waals surface area contributed by atoms with Gasteiger partial charge in [-0.1, -0.05) is 0 Å². The van der Waals surface area contributed by atoms with Crippen LogP contribution in [0.5, 0.6) is 0 Å². The zero-order chi connectivity index (χ0) is 18.6. The molecular formula is C16H27ClN4O4S. The van der Waals surface area contributed by atoms with Gasteiger partial charge in [0.25, 0.3) is 5.91 Å². The molecule has 0 spiro atoms. The van der Waals surface area contributed by atoms with Crippen LogP contribution in [0.3, 0.4) is 0 Å². The molecule has 1 fully saturated rings. The Hall–Kier alpha value is -1.39. The fraction of sp³-hybridized carbons (Fsp3) is 0.562. The smallest absolute Gasteiger partial charge is 0.253 e. The lowest BCUT2D eigenvalue weighted by Crippen LogP contribution is -2.41. The molecule has 0 aliphatic carbocycles. The zero-order valence-corrected chi connectivity index (χ0v) is 16.9. The van der Waals surface area contributed by atoms with E-state index in [9.17, 15) is 13.2 Å². The lowest BCUT2D eigenvalue weighted by atomic mass is 10.1. The van der Waals surface area contributed by atoms with Crippen LogP contribution in [0.15, 0.2) is 23.1 Å². The maximum atomic E-state index is 12.7. The van der Waals surface area contributed by atoms with Crippen molar-refractivity contribution in [2.45, 2.75) is 17.9 Å². The van der Waals surface area contributed by atoms with E-state index in [0.29, 0.717) is 44.1 Å². The second kappa shape index (κ2) is 9.52. The highest BCUT2D eigenvalue weighted by Crippen LogP contribution is 2.26. The largest absolute Gasteiger partial charge is 0.378 e. The first-order valence-corrected chi connectivity index (χ1v) is 9.61.